The Morgan fingerprint density at radius 1 is 1.19 bits per heavy atom. The van der Waals surface area contributed by atoms with Crippen LogP contribution in [0.25, 0.3) is 11.2 Å². The minimum Gasteiger partial charge on any atom is -0.455 e. The van der Waals surface area contributed by atoms with Crippen LogP contribution in [0.2, 0.25) is 0 Å². The molecule has 2 N–H and O–H groups in total. The molecule has 0 bridgehead atoms. The van der Waals surface area contributed by atoms with Crippen LogP contribution >= 0.6 is 0 Å². The average Bonchev–Trinajstić information content (AvgIpc) is 2.53. The lowest BCUT2D eigenvalue weighted by Crippen LogP contribution is -2.27. The highest BCUT2D eigenvalue weighted by atomic mass is 16.6. The number of hydrogen-bond donors (Lipinski definition) is 2. The fourth-order valence-electron chi connectivity index (χ4n) is 2.19. The smallest absolute Gasteiger partial charge is 0.412 e. The van der Waals surface area contributed by atoms with Crippen molar-refractivity contribution in [3.63, 3.8) is 0 Å². The second-order valence-electron chi connectivity index (χ2n) is 6.51. The number of anilines is 1. The van der Waals surface area contributed by atoms with E-state index in [1.54, 1.807) is 51.1 Å². The fourth-order valence-corrected chi connectivity index (χ4v) is 2.19. The lowest BCUT2D eigenvalue weighted by molar-refractivity contribution is 0.0636. The summed E-state index contributed by atoms with van der Waals surface area (Å²) in [5.74, 6) is 0.916. The number of benzene rings is 1. The molecule has 0 aliphatic rings. The molecule has 1 amide bonds. The number of pyridine rings is 1. The number of aromatic amines is 1. The maximum atomic E-state index is 11.9. The predicted octanol–water partition coefficient (Wildman–Crippen LogP) is 3.46. The molecule has 2 heterocycles. The van der Waals surface area contributed by atoms with Crippen molar-refractivity contribution in [2.45, 2.75) is 26.4 Å². The van der Waals surface area contributed by atoms with Crippen molar-refractivity contribution in [1.82, 2.24) is 15.0 Å². The van der Waals surface area contributed by atoms with Crippen LogP contribution in [0.1, 0.15) is 20.8 Å². The van der Waals surface area contributed by atoms with Crippen molar-refractivity contribution in [2.75, 3.05) is 5.32 Å². The molecule has 0 radical (unpaired) electrons. The van der Waals surface area contributed by atoms with Crippen LogP contribution in [-0.4, -0.2) is 26.6 Å². The number of fused-ring (bicyclic) bond motifs is 1. The Kier molecular flexibility index (Phi) is 4.57. The number of hydrogen-bond acceptors (Lipinski definition) is 6. The van der Waals surface area contributed by atoms with E-state index in [2.05, 4.69) is 20.3 Å². The highest BCUT2D eigenvalue weighted by Crippen LogP contribution is 2.27. The first-order chi connectivity index (χ1) is 12.3. The Morgan fingerprint density at radius 3 is 2.77 bits per heavy atom. The number of nitrogens with zero attached hydrogens (tertiary/aromatic N) is 2. The van der Waals surface area contributed by atoms with Gasteiger partial charge in [0.05, 0.1) is 6.20 Å². The monoisotopic (exact) mass is 354 g/mol. The summed E-state index contributed by atoms with van der Waals surface area (Å²) in [5, 5.41) is 2.65. The summed E-state index contributed by atoms with van der Waals surface area (Å²) in [4.78, 5) is 33.9. The van der Waals surface area contributed by atoms with E-state index in [-0.39, 0.29) is 5.56 Å². The zero-order valence-corrected chi connectivity index (χ0v) is 14.6. The summed E-state index contributed by atoms with van der Waals surface area (Å²) in [6.07, 6.45) is 2.12. The van der Waals surface area contributed by atoms with E-state index in [0.29, 0.717) is 28.4 Å². The summed E-state index contributed by atoms with van der Waals surface area (Å²) in [7, 11) is 0. The van der Waals surface area contributed by atoms with Crippen molar-refractivity contribution in [3.8, 4) is 11.5 Å². The maximum Gasteiger partial charge on any atom is 0.412 e. The molecule has 0 saturated heterocycles. The molecule has 0 spiro atoms. The zero-order chi connectivity index (χ0) is 18.7. The topological polar surface area (TPSA) is 106 Å². The van der Waals surface area contributed by atoms with Gasteiger partial charge >= 0.3 is 6.09 Å². The van der Waals surface area contributed by atoms with Gasteiger partial charge in [0.25, 0.3) is 5.56 Å². The molecule has 0 aliphatic carbocycles. The number of rotatable bonds is 3. The van der Waals surface area contributed by atoms with E-state index >= 15 is 0 Å². The SMILES string of the molecule is CC(C)(C)OC(=O)Nc1cccc(Oc2ccnc3[nH]c(=O)cnc23)c1. The molecule has 134 valence electrons. The van der Waals surface area contributed by atoms with Gasteiger partial charge in [0.1, 0.15) is 16.9 Å². The quantitative estimate of drug-likeness (QED) is 0.746. The van der Waals surface area contributed by atoms with Gasteiger partial charge in [-0.25, -0.2) is 14.8 Å². The number of ether oxygens (including phenoxy) is 2. The van der Waals surface area contributed by atoms with Crippen LogP contribution in [0.3, 0.4) is 0 Å². The van der Waals surface area contributed by atoms with E-state index in [4.69, 9.17) is 9.47 Å². The first kappa shape index (κ1) is 17.4. The molecule has 8 heteroatoms. The number of nitrogens with one attached hydrogen (secondary N) is 2. The molecule has 0 saturated carbocycles. The Morgan fingerprint density at radius 2 is 2.00 bits per heavy atom. The van der Waals surface area contributed by atoms with Gasteiger partial charge in [0.2, 0.25) is 0 Å². The Bertz CT molecular complexity index is 1010. The first-order valence-corrected chi connectivity index (χ1v) is 7.92. The molecule has 0 atom stereocenters. The Hall–Kier alpha value is -3.42. The normalized spacial score (nSPS) is 11.2. The van der Waals surface area contributed by atoms with Crippen LogP contribution in [0.15, 0.2) is 47.5 Å². The molecule has 3 rings (SSSR count). The predicted molar refractivity (Wildman–Crippen MR) is 96.5 cm³/mol. The Balaban J connectivity index is 1.81. The van der Waals surface area contributed by atoms with Gasteiger partial charge in [-0.1, -0.05) is 6.07 Å². The molecule has 1 aromatic carbocycles. The van der Waals surface area contributed by atoms with Crippen LogP contribution in [0.4, 0.5) is 10.5 Å². The third-order valence-electron chi connectivity index (χ3n) is 3.15. The zero-order valence-electron chi connectivity index (χ0n) is 14.6. The summed E-state index contributed by atoms with van der Waals surface area (Å²) in [6, 6.07) is 8.49. The van der Waals surface area contributed by atoms with Crippen molar-refractivity contribution >= 4 is 22.9 Å². The Labute approximate surface area is 149 Å². The van der Waals surface area contributed by atoms with Crippen molar-refractivity contribution in [1.29, 1.82) is 0 Å². The largest absolute Gasteiger partial charge is 0.455 e. The van der Waals surface area contributed by atoms with Crippen molar-refractivity contribution in [3.05, 3.63) is 53.1 Å². The third kappa shape index (κ3) is 4.35. The van der Waals surface area contributed by atoms with Gasteiger partial charge in [0.15, 0.2) is 11.4 Å². The highest BCUT2D eigenvalue weighted by Gasteiger charge is 2.16. The first-order valence-electron chi connectivity index (χ1n) is 7.92. The minimum absolute atomic E-state index is 0.332. The summed E-state index contributed by atoms with van der Waals surface area (Å²) < 4.78 is 11.1. The molecule has 0 fully saturated rings. The van der Waals surface area contributed by atoms with Crippen LogP contribution < -0.4 is 15.6 Å². The molecule has 2 aromatic heterocycles. The fraction of sp³-hybridized carbons (Fsp3) is 0.222. The van der Waals surface area contributed by atoms with E-state index in [1.165, 1.54) is 6.20 Å². The van der Waals surface area contributed by atoms with Crippen LogP contribution in [-0.2, 0) is 4.74 Å². The summed E-state index contributed by atoms with van der Waals surface area (Å²) >= 11 is 0. The molecule has 26 heavy (non-hydrogen) atoms. The van der Waals surface area contributed by atoms with E-state index < -0.39 is 11.7 Å². The van der Waals surface area contributed by atoms with Gasteiger partial charge in [-0.15, -0.1) is 0 Å². The standard InChI is InChI=1S/C18H18N4O4/c1-18(2,3)26-17(24)21-11-5-4-6-12(9-11)25-13-7-8-19-16-15(13)20-10-14(23)22-16/h4-10H,1-3H3,(H,21,24)(H,19,22,23). The number of carbonyl (C=O) groups is 1. The van der Waals surface area contributed by atoms with Crippen molar-refractivity contribution in [2.24, 2.45) is 0 Å². The highest BCUT2D eigenvalue weighted by molar-refractivity contribution is 5.85. The second kappa shape index (κ2) is 6.83. The number of carbonyl (C=O) groups excluding carboxylic acids is 1. The molecule has 0 unspecified atom stereocenters. The maximum absolute atomic E-state index is 11.9. The van der Waals surface area contributed by atoms with Gasteiger partial charge in [-0.3, -0.25) is 10.1 Å². The molecule has 3 aromatic rings. The van der Waals surface area contributed by atoms with Gasteiger partial charge < -0.3 is 14.5 Å². The van der Waals surface area contributed by atoms with Gasteiger partial charge in [-0.05, 0) is 32.9 Å². The lowest BCUT2D eigenvalue weighted by Gasteiger charge is -2.19. The van der Waals surface area contributed by atoms with Crippen LogP contribution in [0.5, 0.6) is 11.5 Å². The molecular formula is C18H18N4O4. The van der Waals surface area contributed by atoms with Crippen molar-refractivity contribution < 1.29 is 14.3 Å². The second-order valence-corrected chi connectivity index (χ2v) is 6.51. The number of H-pyrrole nitrogens is 1. The lowest BCUT2D eigenvalue weighted by atomic mass is 10.2. The van der Waals surface area contributed by atoms with E-state index in [9.17, 15) is 9.59 Å². The summed E-state index contributed by atoms with van der Waals surface area (Å²) in [6.45, 7) is 5.37. The van der Waals surface area contributed by atoms with E-state index in [0.717, 1.165) is 6.20 Å². The number of amides is 1. The average molecular weight is 354 g/mol. The van der Waals surface area contributed by atoms with Gasteiger partial charge in [0, 0.05) is 24.0 Å². The molecule has 8 nitrogen and oxygen atoms in total. The molecular weight excluding hydrogens is 336 g/mol. The molecule has 0 aliphatic heterocycles. The van der Waals surface area contributed by atoms with Crippen LogP contribution in [0, 0.1) is 0 Å². The van der Waals surface area contributed by atoms with Gasteiger partial charge in [-0.2, -0.15) is 0 Å². The van der Waals surface area contributed by atoms with E-state index in [1.807, 2.05) is 0 Å². The minimum atomic E-state index is -0.587. The third-order valence-corrected chi connectivity index (χ3v) is 3.15. The number of aromatic nitrogens is 3. The summed E-state index contributed by atoms with van der Waals surface area (Å²) in [5.41, 5.74) is 0.356.